The van der Waals surface area contributed by atoms with Gasteiger partial charge in [-0.3, -0.25) is 9.69 Å². The molecule has 0 saturated carbocycles. The van der Waals surface area contributed by atoms with Gasteiger partial charge in [0, 0.05) is 13.0 Å². The Bertz CT molecular complexity index is 391. The number of aryl methyl sites for hydroxylation is 1. The normalized spacial score (nSPS) is 20.9. The van der Waals surface area contributed by atoms with E-state index < -0.39 is 5.97 Å². The summed E-state index contributed by atoms with van der Waals surface area (Å²) in [6.45, 7) is 4.37. The van der Waals surface area contributed by atoms with Crippen LogP contribution in [0.4, 0.5) is 0 Å². The van der Waals surface area contributed by atoms with E-state index in [1.165, 1.54) is 0 Å². The number of nitrogens with zero attached hydrogens (tertiary/aromatic N) is 3. The highest BCUT2D eigenvalue weighted by atomic mass is 16.5. The van der Waals surface area contributed by atoms with Gasteiger partial charge in [-0.05, 0) is 32.2 Å². The van der Waals surface area contributed by atoms with Crippen LogP contribution in [0.3, 0.4) is 0 Å². The fourth-order valence-corrected chi connectivity index (χ4v) is 2.22. The summed E-state index contributed by atoms with van der Waals surface area (Å²) in [5.74, 6) is 1.06. The van der Waals surface area contributed by atoms with Crippen LogP contribution < -0.4 is 0 Å². The maximum Gasteiger partial charge on any atom is 0.303 e. The second-order valence-corrected chi connectivity index (χ2v) is 4.56. The highest BCUT2D eigenvalue weighted by Crippen LogP contribution is 2.22. The first kappa shape index (κ1) is 12.0. The summed E-state index contributed by atoms with van der Waals surface area (Å²) in [6, 6.07) is 0. The third-order valence-electron chi connectivity index (χ3n) is 3.06. The number of carbonyl (C=O) groups is 1. The first-order valence-electron chi connectivity index (χ1n) is 5.87. The minimum absolute atomic E-state index is 0.262. The fraction of sp³-hybridized carbons (Fsp3) is 0.727. The van der Waals surface area contributed by atoms with Crippen LogP contribution in [0.5, 0.6) is 0 Å². The number of aromatic nitrogens is 2. The number of rotatable bonds is 5. The average molecular weight is 239 g/mol. The van der Waals surface area contributed by atoms with Crippen molar-refractivity contribution < 1.29 is 14.4 Å². The maximum absolute atomic E-state index is 10.5. The summed E-state index contributed by atoms with van der Waals surface area (Å²) in [5.41, 5.74) is 0. The van der Waals surface area contributed by atoms with Crippen LogP contribution in [0.2, 0.25) is 0 Å². The SMILES string of the molecule is Cc1noc(CN2CCC(CCC(=O)O)C2)n1. The van der Waals surface area contributed by atoms with Crippen LogP contribution in [0.25, 0.3) is 0 Å². The standard InChI is InChI=1S/C11H17N3O3/c1-8-12-10(17-13-8)7-14-5-4-9(6-14)2-3-11(15)16/h9H,2-7H2,1H3,(H,15,16). The molecule has 0 aromatic carbocycles. The van der Waals surface area contributed by atoms with Crippen molar-refractivity contribution >= 4 is 5.97 Å². The molecule has 1 fully saturated rings. The Morgan fingerprint density at radius 3 is 3.12 bits per heavy atom. The zero-order valence-electron chi connectivity index (χ0n) is 9.93. The predicted molar refractivity (Wildman–Crippen MR) is 59.3 cm³/mol. The van der Waals surface area contributed by atoms with E-state index in [0.29, 0.717) is 24.2 Å². The van der Waals surface area contributed by atoms with Crippen LogP contribution in [-0.2, 0) is 11.3 Å². The van der Waals surface area contributed by atoms with E-state index in [1.54, 1.807) is 6.92 Å². The molecule has 0 radical (unpaired) electrons. The van der Waals surface area contributed by atoms with E-state index in [1.807, 2.05) is 0 Å². The van der Waals surface area contributed by atoms with Crippen LogP contribution in [0.15, 0.2) is 4.52 Å². The lowest BCUT2D eigenvalue weighted by Crippen LogP contribution is -2.20. The minimum atomic E-state index is -0.712. The molecule has 1 aliphatic rings. The van der Waals surface area contributed by atoms with Gasteiger partial charge in [0.15, 0.2) is 5.82 Å². The van der Waals surface area contributed by atoms with Gasteiger partial charge in [-0.1, -0.05) is 5.16 Å². The number of likely N-dealkylation sites (tertiary alicyclic amines) is 1. The Hall–Kier alpha value is -1.43. The van der Waals surface area contributed by atoms with E-state index in [-0.39, 0.29) is 6.42 Å². The fourth-order valence-electron chi connectivity index (χ4n) is 2.22. The summed E-state index contributed by atoms with van der Waals surface area (Å²) in [5, 5.41) is 12.4. The van der Waals surface area contributed by atoms with Gasteiger partial charge in [0.2, 0.25) is 5.89 Å². The van der Waals surface area contributed by atoms with Gasteiger partial charge >= 0.3 is 5.97 Å². The molecule has 94 valence electrons. The molecular weight excluding hydrogens is 222 g/mol. The second-order valence-electron chi connectivity index (χ2n) is 4.56. The molecule has 0 spiro atoms. The summed E-state index contributed by atoms with van der Waals surface area (Å²) in [7, 11) is 0. The Balaban J connectivity index is 1.76. The van der Waals surface area contributed by atoms with Crippen LogP contribution in [-0.4, -0.2) is 39.2 Å². The van der Waals surface area contributed by atoms with Crippen molar-refractivity contribution in [3.05, 3.63) is 11.7 Å². The van der Waals surface area contributed by atoms with Crippen LogP contribution in [0.1, 0.15) is 31.0 Å². The molecule has 0 aliphatic carbocycles. The summed E-state index contributed by atoms with van der Waals surface area (Å²) in [6.07, 6.45) is 2.08. The molecule has 1 aromatic heterocycles. The molecule has 2 rings (SSSR count). The molecule has 0 amide bonds. The first-order chi connectivity index (χ1) is 8.13. The monoisotopic (exact) mass is 239 g/mol. The Kier molecular flexibility index (Phi) is 3.73. The molecule has 1 aromatic rings. The zero-order valence-corrected chi connectivity index (χ0v) is 9.93. The van der Waals surface area contributed by atoms with E-state index in [9.17, 15) is 4.79 Å². The van der Waals surface area contributed by atoms with Gasteiger partial charge in [-0.2, -0.15) is 4.98 Å². The molecule has 1 unspecified atom stereocenters. The Labute approximate surface area is 99.6 Å². The molecule has 6 nitrogen and oxygen atoms in total. The Morgan fingerprint density at radius 1 is 1.65 bits per heavy atom. The van der Waals surface area contributed by atoms with E-state index in [2.05, 4.69) is 15.0 Å². The lowest BCUT2D eigenvalue weighted by atomic mass is 10.0. The number of carboxylic acid groups (broad SMARTS) is 1. The predicted octanol–water partition coefficient (Wildman–Crippen LogP) is 1.06. The van der Waals surface area contributed by atoms with Gasteiger partial charge in [-0.15, -0.1) is 0 Å². The summed E-state index contributed by atoms with van der Waals surface area (Å²) in [4.78, 5) is 16.9. The average Bonchev–Trinajstić information content (AvgIpc) is 2.86. The van der Waals surface area contributed by atoms with E-state index >= 15 is 0 Å². The van der Waals surface area contributed by atoms with Crippen molar-refractivity contribution in [2.24, 2.45) is 5.92 Å². The third kappa shape index (κ3) is 3.52. The van der Waals surface area contributed by atoms with E-state index in [4.69, 9.17) is 9.63 Å². The molecule has 0 bridgehead atoms. The first-order valence-corrected chi connectivity index (χ1v) is 5.87. The molecule has 1 N–H and O–H groups in total. The molecule has 1 aliphatic heterocycles. The van der Waals surface area contributed by atoms with Gasteiger partial charge in [0.25, 0.3) is 0 Å². The summed E-state index contributed by atoms with van der Waals surface area (Å²) < 4.78 is 5.06. The molecular formula is C11H17N3O3. The number of aliphatic carboxylic acids is 1. The van der Waals surface area contributed by atoms with Crippen molar-refractivity contribution in [2.45, 2.75) is 32.7 Å². The molecule has 17 heavy (non-hydrogen) atoms. The zero-order chi connectivity index (χ0) is 12.3. The quantitative estimate of drug-likeness (QED) is 0.827. The van der Waals surface area contributed by atoms with Crippen molar-refractivity contribution in [2.75, 3.05) is 13.1 Å². The van der Waals surface area contributed by atoms with Crippen LogP contribution in [0, 0.1) is 12.8 Å². The second kappa shape index (κ2) is 5.27. The molecule has 2 heterocycles. The van der Waals surface area contributed by atoms with Gasteiger partial charge in [0.05, 0.1) is 6.54 Å². The number of carboxylic acids is 1. The van der Waals surface area contributed by atoms with Gasteiger partial charge in [0.1, 0.15) is 0 Å². The van der Waals surface area contributed by atoms with Crippen molar-refractivity contribution in [3.8, 4) is 0 Å². The highest BCUT2D eigenvalue weighted by Gasteiger charge is 2.24. The van der Waals surface area contributed by atoms with Gasteiger partial charge in [-0.25, -0.2) is 0 Å². The van der Waals surface area contributed by atoms with Crippen molar-refractivity contribution in [3.63, 3.8) is 0 Å². The minimum Gasteiger partial charge on any atom is -0.481 e. The van der Waals surface area contributed by atoms with E-state index in [0.717, 1.165) is 25.9 Å². The van der Waals surface area contributed by atoms with Crippen LogP contribution >= 0.6 is 0 Å². The van der Waals surface area contributed by atoms with Gasteiger partial charge < -0.3 is 9.63 Å². The third-order valence-corrected chi connectivity index (χ3v) is 3.06. The highest BCUT2D eigenvalue weighted by molar-refractivity contribution is 5.66. The maximum atomic E-state index is 10.5. The molecule has 1 atom stereocenters. The Morgan fingerprint density at radius 2 is 2.47 bits per heavy atom. The van der Waals surface area contributed by atoms with Crippen molar-refractivity contribution in [1.29, 1.82) is 0 Å². The summed E-state index contributed by atoms with van der Waals surface area (Å²) >= 11 is 0. The topological polar surface area (TPSA) is 79.5 Å². The number of hydrogen-bond donors (Lipinski definition) is 1. The lowest BCUT2D eigenvalue weighted by Gasteiger charge is -2.12. The number of hydrogen-bond acceptors (Lipinski definition) is 5. The molecule has 1 saturated heterocycles. The smallest absolute Gasteiger partial charge is 0.303 e. The van der Waals surface area contributed by atoms with Crippen molar-refractivity contribution in [1.82, 2.24) is 15.0 Å². The lowest BCUT2D eigenvalue weighted by molar-refractivity contribution is -0.137. The largest absolute Gasteiger partial charge is 0.481 e. The molecule has 6 heteroatoms.